The Bertz CT molecular complexity index is 652. The molecule has 3 rings (SSSR count). The fraction of sp³-hybridized carbons (Fsp3) is 0.400. The molecule has 2 aromatic rings. The van der Waals surface area contributed by atoms with E-state index in [4.69, 9.17) is 5.73 Å². The van der Waals surface area contributed by atoms with Crippen LogP contribution in [0.15, 0.2) is 24.3 Å². The summed E-state index contributed by atoms with van der Waals surface area (Å²) in [5.74, 6) is 0.275. The quantitative estimate of drug-likeness (QED) is 0.792. The van der Waals surface area contributed by atoms with E-state index < -0.39 is 6.10 Å². The van der Waals surface area contributed by atoms with Crippen LogP contribution in [0.1, 0.15) is 23.0 Å². The van der Waals surface area contributed by atoms with Crippen molar-refractivity contribution in [1.82, 2.24) is 4.90 Å². The lowest BCUT2D eigenvalue weighted by Crippen LogP contribution is -2.45. The Balaban J connectivity index is 1.85. The van der Waals surface area contributed by atoms with Crippen LogP contribution in [0.2, 0.25) is 0 Å². The summed E-state index contributed by atoms with van der Waals surface area (Å²) in [6.45, 7) is 3.17. The van der Waals surface area contributed by atoms with Gasteiger partial charge >= 0.3 is 0 Å². The lowest BCUT2D eigenvalue weighted by atomic mass is 9.96. The number of carbonyl (C=O) groups excluding carboxylic acids is 1. The third kappa shape index (κ3) is 2.39. The molecule has 0 aliphatic carbocycles. The van der Waals surface area contributed by atoms with Gasteiger partial charge < -0.3 is 15.7 Å². The topological polar surface area (TPSA) is 66.6 Å². The summed E-state index contributed by atoms with van der Waals surface area (Å²) >= 11 is 1.48. The van der Waals surface area contributed by atoms with E-state index in [0.29, 0.717) is 23.7 Å². The largest absolute Gasteiger partial charge is 0.399 e. The zero-order valence-electron chi connectivity index (χ0n) is 11.4. The molecule has 0 spiro atoms. The second kappa shape index (κ2) is 5.07. The number of nitrogens with zero attached hydrogens (tertiary/aromatic N) is 1. The van der Waals surface area contributed by atoms with E-state index in [9.17, 15) is 9.90 Å². The molecule has 1 aliphatic rings. The molecule has 0 bridgehead atoms. The highest BCUT2D eigenvalue weighted by Crippen LogP contribution is 2.29. The van der Waals surface area contributed by atoms with Crippen LogP contribution in [0, 0.1) is 5.92 Å². The number of nitrogens with two attached hydrogens (primary N) is 1. The minimum absolute atomic E-state index is 0.00993. The molecule has 1 fully saturated rings. The number of β-amino-alcohol motifs (C(OH)–C–C–N with tert-alkyl or cyclic N) is 1. The zero-order valence-corrected chi connectivity index (χ0v) is 12.2. The first-order valence-electron chi connectivity index (χ1n) is 6.81. The van der Waals surface area contributed by atoms with Gasteiger partial charge in [-0.15, -0.1) is 11.3 Å². The summed E-state index contributed by atoms with van der Waals surface area (Å²) < 4.78 is 1.06. The van der Waals surface area contributed by atoms with Crippen LogP contribution < -0.4 is 5.73 Å². The van der Waals surface area contributed by atoms with E-state index in [1.807, 2.05) is 31.2 Å². The van der Waals surface area contributed by atoms with E-state index in [0.717, 1.165) is 16.5 Å². The molecule has 1 aromatic carbocycles. The third-order valence-electron chi connectivity index (χ3n) is 3.96. The fourth-order valence-electron chi connectivity index (χ4n) is 2.56. The molecule has 1 aliphatic heterocycles. The highest BCUT2D eigenvalue weighted by molar-refractivity contribution is 7.20. The number of aliphatic hydroxyl groups excluding tert-OH is 1. The average molecular weight is 290 g/mol. The summed E-state index contributed by atoms with van der Waals surface area (Å²) in [6, 6.07) is 7.57. The van der Waals surface area contributed by atoms with Crippen molar-refractivity contribution in [2.24, 2.45) is 5.92 Å². The normalized spacial score (nSPS) is 23.2. The van der Waals surface area contributed by atoms with Gasteiger partial charge in [-0.1, -0.05) is 6.92 Å². The standard InChI is InChI=1S/C15H18N2O2S/c1-9-4-5-17(8-12(9)18)15(19)14-7-10-6-11(16)2-3-13(10)20-14/h2-3,6-7,9,12,18H,4-5,8,16H2,1H3. The first-order chi connectivity index (χ1) is 9.54. The number of amides is 1. The number of anilines is 1. The second-order valence-electron chi connectivity index (χ2n) is 5.49. The van der Waals surface area contributed by atoms with Crippen molar-refractivity contribution in [3.8, 4) is 0 Å². The Labute approximate surface area is 121 Å². The SMILES string of the molecule is CC1CCN(C(=O)c2cc3cc(N)ccc3s2)CC1O. The number of benzene rings is 1. The molecule has 1 aromatic heterocycles. The number of fused-ring (bicyclic) bond motifs is 1. The predicted octanol–water partition coefficient (Wildman–Crippen LogP) is 2.33. The number of thiophene rings is 1. The Morgan fingerprint density at radius 2 is 2.25 bits per heavy atom. The van der Waals surface area contributed by atoms with Crippen molar-refractivity contribution in [2.75, 3.05) is 18.8 Å². The number of piperidine rings is 1. The van der Waals surface area contributed by atoms with Crippen molar-refractivity contribution in [2.45, 2.75) is 19.4 Å². The van der Waals surface area contributed by atoms with Gasteiger partial charge in [-0.05, 0) is 42.0 Å². The maximum absolute atomic E-state index is 12.5. The second-order valence-corrected chi connectivity index (χ2v) is 6.58. The summed E-state index contributed by atoms with van der Waals surface area (Å²) in [7, 11) is 0. The predicted molar refractivity (Wildman–Crippen MR) is 81.9 cm³/mol. The molecule has 1 saturated heterocycles. The average Bonchev–Trinajstić information content (AvgIpc) is 2.84. The molecule has 20 heavy (non-hydrogen) atoms. The van der Waals surface area contributed by atoms with Crippen molar-refractivity contribution in [3.63, 3.8) is 0 Å². The lowest BCUT2D eigenvalue weighted by molar-refractivity contribution is 0.0251. The van der Waals surface area contributed by atoms with Crippen LogP contribution in [0.4, 0.5) is 5.69 Å². The number of carbonyl (C=O) groups is 1. The minimum Gasteiger partial charge on any atom is -0.399 e. The number of rotatable bonds is 1. The maximum atomic E-state index is 12.5. The maximum Gasteiger partial charge on any atom is 0.264 e. The highest BCUT2D eigenvalue weighted by atomic mass is 32.1. The van der Waals surface area contributed by atoms with E-state index in [1.165, 1.54) is 11.3 Å². The molecule has 0 saturated carbocycles. The molecule has 2 heterocycles. The first kappa shape index (κ1) is 13.4. The number of hydrogen-bond acceptors (Lipinski definition) is 4. The van der Waals surface area contributed by atoms with Gasteiger partial charge in [0.15, 0.2) is 0 Å². The van der Waals surface area contributed by atoms with Crippen molar-refractivity contribution < 1.29 is 9.90 Å². The van der Waals surface area contributed by atoms with Gasteiger partial charge in [0.1, 0.15) is 0 Å². The number of nitrogen functional groups attached to an aromatic ring is 1. The molecule has 2 atom stereocenters. The lowest BCUT2D eigenvalue weighted by Gasteiger charge is -2.34. The summed E-state index contributed by atoms with van der Waals surface area (Å²) in [5, 5.41) is 10.9. The Morgan fingerprint density at radius 1 is 1.45 bits per heavy atom. The van der Waals surface area contributed by atoms with Gasteiger partial charge in [0.25, 0.3) is 5.91 Å². The summed E-state index contributed by atoms with van der Waals surface area (Å²) in [4.78, 5) is 15.0. The van der Waals surface area contributed by atoms with Gasteiger partial charge in [-0.25, -0.2) is 0 Å². The zero-order chi connectivity index (χ0) is 14.3. The molecule has 2 unspecified atom stereocenters. The summed E-state index contributed by atoms with van der Waals surface area (Å²) in [5.41, 5.74) is 6.47. The highest BCUT2D eigenvalue weighted by Gasteiger charge is 2.28. The van der Waals surface area contributed by atoms with Gasteiger partial charge in [-0.3, -0.25) is 4.79 Å². The van der Waals surface area contributed by atoms with Crippen molar-refractivity contribution >= 4 is 33.0 Å². The van der Waals surface area contributed by atoms with Crippen molar-refractivity contribution in [1.29, 1.82) is 0 Å². The van der Waals surface area contributed by atoms with Gasteiger partial charge in [0, 0.05) is 23.5 Å². The van der Waals surface area contributed by atoms with Crippen LogP contribution in [-0.4, -0.2) is 35.1 Å². The Kier molecular flexibility index (Phi) is 3.40. The molecular formula is C15H18N2O2S. The van der Waals surface area contributed by atoms with Gasteiger partial charge in [0.05, 0.1) is 11.0 Å². The van der Waals surface area contributed by atoms with Crippen LogP contribution in [0.5, 0.6) is 0 Å². The van der Waals surface area contributed by atoms with Crippen LogP contribution in [0.3, 0.4) is 0 Å². The first-order valence-corrected chi connectivity index (χ1v) is 7.62. The minimum atomic E-state index is -0.419. The van der Waals surface area contributed by atoms with Gasteiger partial charge in [0.2, 0.25) is 0 Å². The van der Waals surface area contributed by atoms with E-state index in [2.05, 4.69) is 0 Å². The fourth-order valence-corrected chi connectivity index (χ4v) is 3.57. The van der Waals surface area contributed by atoms with E-state index in [-0.39, 0.29) is 11.8 Å². The van der Waals surface area contributed by atoms with Crippen LogP contribution in [0.25, 0.3) is 10.1 Å². The van der Waals surface area contributed by atoms with E-state index >= 15 is 0 Å². The number of aliphatic hydroxyl groups is 1. The molecular weight excluding hydrogens is 272 g/mol. The molecule has 106 valence electrons. The summed E-state index contributed by atoms with van der Waals surface area (Å²) in [6.07, 6.45) is 0.433. The third-order valence-corrected chi connectivity index (χ3v) is 5.06. The molecule has 5 heteroatoms. The van der Waals surface area contributed by atoms with E-state index in [1.54, 1.807) is 4.90 Å². The Morgan fingerprint density at radius 3 is 3.00 bits per heavy atom. The smallest absolute Gasteiger partial charge is 0.264 e. The molecule has 3 N–H and O–H groups in total. The molecule has 1 amide bonds. The van der Waals surface area contributed by atoms with Gasteiger partial charge in [-0.2, -0.15) is 0 Å². The van der Waals surface area contributed by atoms with Crippen molar-refractivity contribution in [3.05, 3.63) is 29.1 Å². The number of hydrogen-bond donors (Lipinski definition) is 2. The molecule has 0 radical (unpaired) electrons. The monoisotopic (exact) mass is 290 g/mol. The Hall–Kier alpha value is -1.59. The van der Waals surface area contributed by atoms with Crippen LogP contribution >= 0.6 is 11.3 Å². The number of likely N-dealkylation sites (tertiary alicyclic amines) is 1. The molecule has 4 nitrogen and oxygen atoms in total. The van der Waals surface area contributed by atoms with Crippen LogP contribution in [-0.2, 0) is 0 Å².